The first-order valence-corrected chi connectivity index (χ1v) is 6.92. The van der Waals surface area contributed by atoms with Gasteiger partial charge in [-0.05, 0) is 38.1 Å². The highest BCUT2D eigenvalue weighted by Crippen LogP contribution is 2.19. The van der Waals surface area contributed by atoms with Crippen LogP contribution in [0.25, 0.3) is 0 Å². The normalized spacial score (nSPS) is 10.5. The van der Waals surface area contributed by atoms with Crippen molar-refractivity contribution in [3.8, 4) is 5.75 Å². The zero-order valence-corrected chi connectivity index (χ0v) is 12.5. The summed E-state index contributed by atoms with van der Waals surface area (Å²) >= 11 is 3.37. The summed E-state index contributed by atoms with van der Waals surface area (Å²) in [5, 5.41) is 0. The fraction of sp³-hybridized carbons (Fsp3) is 0.188. The molecule has 0 amide bonds. The van der Waals surface area contributed by atoms with Gasteiger partial charge < -0.3 is 4.74 Å². The third kappa shape index (κ3) is 3.67. The van der Waals surface area contributed by atoms with Gasteiger partial charge in [0.15, 0.2) is 5.78 Å². The van der Waals surface area contributed by atoms with Crippen LogP contribution in [0.3, 0.4) is 0 Å². The Labute approximate surface area is 121 Å². The largest absolute Gasteiger partial charge is 0.491 e. The van der Waals surface area contributed by atoms with Gasteiger partial charge in [0, 0.05) is 15.6 Å². The Morgan fingerprint density at radius 1 is 1.05 bits per heavy atom. The number of carbonyl (C=O) groups is 1. The van der Waals surface area contributed by atoms with E-state index in [-0.39, 0.29) is 11.9 Å². The second-order valence-electron chi connectivity index (χ2n) is 4.53. The van der Waals surface area contributed by atoms with Crippen molar-refractivity contribution in [1.82, 2.24) is 0 Å². The molecular weight excluding hydrogens is 304 g/mol. The van der Waals surface area contributed by atoms with Crippen molar-refractivity contribution in [1.29, 1.82) is 0 Å². The number of hydrogen-bond acceptors (Lipinski definition) is 2. The van der Waals surface area contributed by atoms with E-state index in [1.165, 1.54) is 0 Å². The fourth-order valence-electron chi connectivity index (χ4n) is 1.78. The van der Waals surface area contributed by atoms with Crippen LogP contribution in [0.15, 0.2) is 53.0 Å². The molecule has 0 unspecified atom stereocenters. The molecule has 0 saturated heterocycles. The molecule has 0 saturated carbocycles. The van der Waals surface area contributed by atoms with Crippen LogP contribution in [0.5, 0.6) is 5.75 Å². The van der Waals surface area contributed by atoms with Crippen molar-refractivity contribution >= 4 is 21.7 Å². The standard InChI is InChI=1S/C16H15BrO2/c1-11(2)19-15-8-4-6-13(10-15)16(18)12-5-3-7-14(17)9-12/h3-11H,1-2H3. The van der Waals surface area contributed by atoms with Crippen LogP contribution in [0, 0.1) is 0 Å². The number of hydrogen-bond donors (Lipinski definition) is 0. The van der Waals surface area contributed by atoms with Crippen molar-refractivity contribution in [3.05, 3.63) is 64.1 Å². The van der Waals surface area contributed by atoms with Gasteiger partial charge in [-0.1, -0.05) is 40.2 Å². The molecule has 0 heterocycles. The summed E-state index contributed by atoms with van der Waals surface area (Å²) in [5.74, 6) is 0.714. The minimum absolute atomic E-state index is 0.00416. The molecule has 0 aromatic heterocycles. The Hall–Kier alpha value is -1.61. The lowest BCUT2D eigenvalue weighted by Crippen LogP contribution is -2.07. The Kier molecular flexibility index (Phi) is 4.38. The molecule has 0 bridgehead atoms. The molecular formula is C16H15BrO2. The molecule has 19 heavy (non-hydrogen) atoms. The van der Waals surface area contributed by atoms with Crippen LogP contribution in [-0.4, -0.2) is 11.9 Å². The summed E-state index contributed by atoms with van der Waals surface area (Å²) in [7, 11) is 0. The van der Waals surface area contributed by atoms with E-state index in [2.05, 4.69) is 15.9 Å². The third-order valence-corrected chi connectivity index (χ3v) is 3.05. The summed E-state index contributed by atoms with van der Waals surface area (Å²) in [4.78, 5) is 12.4. The van der Waals surface area contributed by atoms with Crippen molar-refractivity contribution in [2.24, 2.45) is 0 Å². The molecule has 2 nitrogen and oxygen atoms in total. The molecule has 0 fully saturated rings. The van der Waals surface area contributed by atoms with Crippen LogP contribution in [0.2, 0.25) is 0 Å². The van der Waals surface area contributed by atoms with Crippen molar-refractivity contribution in [3.63, 3.8) is 0 Å². The topological polar surface area (TPSA) is 26.3 Å². The van der Waals surface area contributed by atoms with E-state index >= 15 is 0 Å². The first-order chi connectivity index (χ1) is 9.06. The monoisotopic (exact) mass is 318 g/mol. The first kappa shape index (κ1) is 13.8. The lowest BCUT2D eigenvalue weighted by atomic mass is 10.0. The second-order valence-corrected chi connectivity index (χ2v) is 5.45. The molecule has 2 aromatic carbocycles. The summed E-state index contributed by atoms with van der Waals surface area (Å²) in [6.45, 7) is 3.92. The van der Waals surface area contributed by atoms with Crippen LogP contribution in [0.1, 0.15) is 29.8 Å². The zero-order valence-electron chi connectivity index (χ0n) is 10.9. The molecule has 0 aliphatic heterocycles. The van der Waals surface area contributed by atoms with Gasteiger partial charge >= 0.3 is 0 Å². The third-order valence-electron chi connectivity index (χ3n) is 2.55. The van der Waals surface area contributed by atoms with Gasteiger partial charge in [0.05, 0.1) is 6.10 Å². The highest BCUT2D eigenvalue weighted by atomic mass is 79.9. The summed E-state index contributed by atoms with van der Waals surface area (Å²) in [5.41, 5.74) is 1.30. The van der Waals surface area contributed by atoms with Crippen LogP contribution >= 0.6 is 15.9 Å². The maximum atomic E-state index is 12.4. The Morgan fingerprint density at radius 3 is 2.32 bits per heavy atom. The van der Waals surface area contributed by atoms with Crippen LogP contribution in [0.4, 0.5) is 0 Å². The van der Waals surface area contributed by atoms with Gasteiger partial charge in [0.1, 0.15) is 5.75 Å². The minimum atomic E-state index is -0.00416. The molecule has 98 valence electrons. The summed E-state index contributed by atoms with van der Waals surface area (Å²) < 4.78 is 6.50. The predicted molar refractivity (Wildman–Crippen MR) is 79.8 cm³/mol. The van der Waals surface area contributed by atoms with Crippen molar-refractivity contribution in [2.75, 3.05) is 0 Å². The minimum Gasteiger partial charge on any atom is -0.491 e. The van der Waals surface area contributed by atoms with Crippen molar-refractivity contribution in [2.45, 2.75) is 20.0 Å². The van der Waals surface area contributed by atoms with E-state index < -0.39 is 0 Å². The Bertz CT molecular complexity index is 591. The molecule has 2 aromatic rings. The number of ketones is 1. The van der Waals surface area contributed by atoms with Crippen molar-refractivity contribution < 1.29 is 9.53 Å². The highest BCUT2D eigenvalue weighted by Gasteiger charge is 2.10. The number of benzene rings is 2. The lowest BCUT2D eigenvalue weighted by Gasteiger charge is -2.10. The molecule has 0 N–H and O–H groups in total. The maximum Gasteiger partial charge on any atom is 0.193 e. The van der Waals surface area contributed by atoms with E-state index in [9.17, 15) is 4.79 Å². The number of rotatable bonds is 4. The van der Waals surface area contributed by atoms with E-state index in [0.717, 1.165) is 10.2 Å². The molecule has 0 spiro atoms. The fourth-order valence-corrected chi connectivity index (χ4v) is 2.18. The van der Waals surface area contributed by atoms with E-state index in [4.69, 9.17) is 4.74 Å². The smallest absolute Gasteiger partial charge is 0.193 e. The SMILES string of the molecule is CC(C)Oc1cccc(C(=O)c2cccc(Br)c2)c1. The van der Waals surface area contributed by atoms with E-state index in [0.29, 0.717) is 11.1 Å². The van der Waals surface area contributed by atoms with Gasteiger partial charge in [-0.2, -0.15) is 0 Å². The number of carbonyl (C=O) groups excluding carboxylic acids is 1. The number of ether oxygens (including phenoxy) is 1. The summed E-state index contributed by atoms with van der Waals surface area (Å²) in [6, 6.07) is 14.7. The average molecular weight is 319 g/mol. The average Bonchev–Trinajstić information content (AvgIpc) is 2.37. The number of halogens is 1. The van der Waals surface area contributed by atoms with Crippen LogP contribution in [-0.2, 0) is 0 Å². The quantitative estimate of drug-likeness (QED) is 0.777. The van der Waals surface area contributed by atoms with E-state index in [1.54, 1.807) is 12.1 Å². The zero-order chi connectivity index (χ0) is 13.8. The van der Waals surface area contributed by atoms with Gasteiger partial charge in [-0.15, -0.1) is 0 Å². The predicted octanol–water partition coefficient (Wildman–Crippen LogP) is 4.47. The molecule has 3 heteroatoms. The highest BCUT2D eigenvalue weighted by molar-refractivity contribution is 9.10. The first-order valence-electron chi connectivity index (χ1n) is 6.13. The summed E-state index contributed by atoms with van der Waals surface area (Å²) in [6.07, 6.45) is 0.0937. The molecule has 0 aliphatic rings. The van der Waals surface area contributed by atoms with E-state index in [1.807, 2.05) is 50.2 Å². The second kappa shape index (κ2) is 6.02. The van der Waals surface area contributed by atoms with Crippen LogP contribution < -0.4 is 4.74 Å². The Balaban J connectivity index is 2.29. The van der Waals surface area contributed by atoms with Gasteiger partial charge in [-0.3, -0.25) is 4.79 Å². The maximum absolute atomic E-state index is 12.4. The lowest BCUT2D eigenvalue weighted by molar-refractivity contribution is 0.103. The molecule has 0 aliphatic carbocycles. The molecule has 0 radical (unpaired) electrons. The van der Waals surface area contributed by atoms with Gasteiger partial charge in [0.25, 0.3) is 0 Å². The Morgan fingerprint density at radius 2 is 1.68 bits per heavy atom. The molecule has 2 rings (SSSR count). The molecule has 0 atom stereocenters. The van der Waals surface area contributed by atoms with Gasteiger partial charge in [0.2, 0.25) is 0 Å². The van der Waals surface area contributed by atoms with Gasteiger partial charge in [-0.25, -0.2) is 0 Å².